The largest absolute Gasteiger partial charge is 0.207 e. The van der Waals surface area contributed by atoms with Gasteiger partial charge in [-0.15, -0.1) is 0 Å². The van der Waals surface area contributed by atoms with Gasteiger partial charge in [0.05, 0.1) is 0 Å². The number of hydrogen-bond donors (Lipinski definition) is 0. The molecule has 66 heavy (non-hydrogen) atoms. The van der Waals surface area contributed by atoms with Crippen molar-refractivity contribution in [1.82, 2.24) is 0 Å². The molecule has 0 saturated carbocycles. The van der Waals surface area contributed by atoms with Crippen LogP contribution >= 0.6 is 0 Å². The van der Waals surface area contributed by atoms with E-state index in [1.165, 1.54) is 57.6 Å². The van der Waals surface area contributed by atoms with E-state index < -0.39 is 0 Å². The van der Waals surface area contributed by atoms with E-state index in [0.717, 1.165) is 66.8 Å². The normalized spacial score (nSPS) is 12.0. The molecule has 0 aromatic heterocycles. The van der Waals surface area contributed by atoms with Crippen LogP contribution < -0.4 is 0 Å². The molecule has 9 aromatic carbocycles. The number of halogens is 2. The molecule has 0 aliphatic rings. The summed E-state index contributed by atoms with van der Waals surface area (Å²) in [6.45, 7) is 4.38. The van der Waals surface area contributed by atoms with E-state index in [2.05, 4.69) is 184 Å². The fourth-order valence-electron chi connectivity index (χ4n) is 8.42. The predicted molar refractivity (Wildman–Crippen MR) is 277 cm³/mol. The van der Waals surface area contributed by atoms with E-state index >= 15 is 0 Å². The van der Waals surface area contributed by atoms with Crippen molar-refractivity contribution in [3.05, 3.63) is 297 Å². The van der Waals surface area contributed by atoms with Gasteiger partial charge >= 0.3 is 0 Å². The molecular weight excluding hydrogens is 807 g/mol. The van der Waals surface area contributed by atoms with Gasteiger partial charge in [-0.1, -0.05) is 218 Å². The van der Waals surface area contributed by atoms with Crippen molar-refractivity contribution in [1.29, 1.82) is 0 Å². The van der Waals surface area contributed by atoms with Crippen molar-refractivity contribution in [2.45, 2.75) is 13.8 Å². The predicted octanol–water partition coefficient (Wildman–Crippen LogP) is 17.4. The smallest absolute Gasteiger partial charge is 0.123 e. The van der Waals surface area contributed by atoms with E-state index in [1.54, 1.807) is 0 Å². The van der Waals surface area contributed by atoms with Crippen LogP contribution in [0.25, 0.3) is 69.9 Å². The molecule has 0 spiro atoms. The van der Waals surface area contributed by atoms with Crippen LogP contribution in [0.1, 0.15) is 66.8 Å². The standard InChI is InChI=1S/C64H48F2/c1-45-41-62(54-31-25-48(26-32-54)22-28-50-14-10-12-20-58(50)44-64(52-17-7-4-8-18-52)56-35-39-60(66)40-36-56)46(2)42-61(45)53-29-23-47(24-30-53)21-27-49-13-9-11-19-57(49)43-63(51-15-5-3-6-16-51)55-33-37-59(65)38-34-55/h3-44H,1-2H3/b27-21?,28-22?,63-43-,64-44-. The molecule has 0 amide bonds. The Morgan fingerprint density at radius 2 is 0.636 bits per heavy atom. The van der Waals surface area contributed by atoms with Gasteiger partial charge in [-0.3, -0.25) is 0 Å². The first kappa shape index (κ1) is 43.1. The van der Waals surface area contributed by atoms with E-state index in [1.807, 2.05) is 60.7 Å². The average molecular weight is 855 g/mol. The quantitative estimate of drug-likeness (QED) is 0.107. The van der Waals surface area contributed by atoms with Crippen LogP contribution in [0.5, 0.6) is 0 Å². The topological polar surface area (TPSA) is 0 Å². The lowest BCUT2D eigenvalue weighted by Gasteiger charge is -2.13. The zero-order valence-electron chi connectivity index (χ0n) is 37.0. The minimum absolute atomic E-state index is 0.248. The van der Waals surface area contributed by atoms with Gasteiger partial charge in [0.2, 0.25) is 0 Å². The van der Waals surface area contributed by atoms with Gasteiger partial charge in [-0.2, -0.15) is 0 Å². The minimum Gasteiger partial charge on any atom is -0.207 e. The lowest BCUT2D eigenvalue weighted by molar-refractivity contribution is 0.627. The summed E-state index contributed by atoms with van der Waals surface area (Å²) in [5.41, 5.74) is 20.0. The van der Waals surface area contributed by atoms with Crippen LogP contribution in [-0.2, 0) is 0 Å². The van der Waals surface area contributed by atoms with Crippen molar-refractivity contribution in [2.24, 2.45) is 0 Å². The molecule has 0 bridgehead atoms. The van der Waals surface area contributed by atoms with Crippen LogP contribution in [0.4, 0.5) is 8.78 Å². The van der Waals surface area contributed by atoms with Crippen molar-refractivity contribution in [2.75, 3.05) is 0 Å². The molecule has 0 heterocycles. The lowest BCUT2D eigenvalue weighted by atomic mass is 9.91. The first-order valence-electron chi connectivity index (χ1n) is 22.3. The zero-order chi connectivity index (χ0) is 45.2. The molecule has 0 atom stereocenters. The summed E-state index contributed by atoms with van der Waals surface area (Å²) < 4.78 is 27.7. The van der Waals surface area contributed by atoms with Crippen molar-refractivity contribution in [3.63, 3.8) is 0 Å². The fraction of sp³-hybridized carbons (Fsp3) is 0.0312. The van der Waals surface area contributed by atoms with Crippen molar-refractivity contribution < 1.29 is 8.78 Å². The van der Waals surface area contributed by atoms with E-state index in [4.69, 9.17) is 0 Å². The molecule has 0 aliphatic carbocycles. The van der Waals surface area contributed by atoms with Gasteiger partial charge in [0.25, 0.3) is 0 Å². The third kappa shape index (κ3) is 10.3. The SMILES string of the molecule is Cc1cc(-c2ccc(C=Cc3ccccc3/C=C(/c3ccccc3)c3ccc(F)cc3)cc2)c(C)cc1-c1ccc(C=Cc2ccccc2/C=C(/c2ccccc2)c2ccc(F)cc2)cc1. The Kier molecular flexibility index (Phi) is 13.1. The van der Waals surface area contributed by atoms with E-state index in [9.17, 15) is 8.78 Å². The molecule has 318 valence electrons. The van der Waals surface area contributed by atoms with Crippen LogP contribution in [0.2, 0.25) is 0 Å². The van der Waals surface area contributed by atoms with Crippen LogP contribution in [-0.4, -0.2) is 0 Å². The highest BCUT2D eigenvalue weighted by atomic mass is 19.1. The number of rotatable bonds is 12. The summed E-state index contributed by atoms with van der Waals surface area (Å²) in [5, 5.41) is 0. The van der Waals surface area contributed by atoms with Gasteiger partial charge in [-0.25, -0.2) is 8.78 Å². The second kappa shape index (κ2) is 20.1. The van der Waals surface area contributed by atoms with Crippen LogP contribution in [0.15, 0.2) is 218 Å². The Morgan fingerprint density at radius 3 is 1.00 bits per heavy atom. The highest BCUT2D eigenvalue weighted by Crippen LogP contribution is 2.34. The summed E-state index contributed by atoms with van der Waals surface area (Å²) >= 11 is 0. The average Bonchev–Trinajstić information content (AvgIpc) is 3.36. The molecule has 2 heteroatoms. The summed E-state index contributed by atoms with van der Waals surface area (Å²) in [4.78, 5) is 0. The summed E-state index contributed by atoms with van der Waals surface area (Å²) in [5.74, 6) is -0.496. The van der Waals surface area contributed by atoms with E-state index in [-0.39, 0.29) is 11.6 Å². The molecular formula is C64H48F2. The molecule has 0 unspecified atom stereocenters. The van der Waals surface area contributed by atoms with Gasteiger partial charge in [0.15, 0.2) is 0 Å². The highest BCUT2D eigenvalue weighted by Gasteiger charge is 2.11. The second-order valence-electron chi connectivity index (χ2n) is 16.5. The second-order valence-corrected chi connectivity index (χ2v) is 16.5. The van der Waals surface area contributed by atoms with E-state index in [0.29, 0.717) is 0 Å². The van der Waals surface area contributed by atoms with Gasteiger partial charge in [-0.05, 0) is 150 Å². The molecule has 0 radical (unpaired) electrons. The fourth-order valence-corrected chi connectivity index (χ4v) is 8.42. The Morgan fingerprint density at radius 1 is 0.318 bits per heavy atom. The lowest BCUT2D eigenvalue weighted by Crippen LogP contribution is -1.91. The van der Waals surface area contributed by atoms with Gasteiger partial charge < -0.3 is 0 Å². The maximum absolute atomic E-state index is 13.9. The number of benzene rings is 9. The minimum atomic E-state index is -0.248. The summed E-state index contributed by atoms with van der Waals surface area (Å²) in [6, 6.07) is 72.7. The van der Waals surface area contributed by atoms with Gasteiger partial charge in [0.1, 0.15) is 11.6 Å². The zero-order valence-corrected chi connectivity index (χ0v) is 37.0. The summed E-state index contributed by atoms with van der Waals surface area (Å²) in [6.07, 6.45) is 13.0. The monoisotopic (exact) mass is 854 g/mol. The molecule has 0 aliphatic heterocycles. The highest BCUT2D eigenvalue weighted by molar-refractivity contribution is 5.95. The molecule has 0 saturated heterocycles. The van der Waals surface area contributed by atoms with Crippen molar-refractivity contribution >= 4 is 47.6 Å². The van der Waals surface area contributed by atoms with Gasteiger partial charge in [0, 0.05) is 0 Å². The third-order valence-electron chi connectivity index (χ3n) is 12.0. The molecule has 9 rings (SSSR count). The maximum Gasteiger partial charge on any atom is 0.123 e. The first-order valence-corrected chi connectivity index (χ1v) is 22.3. The third-order valence-corrected chi connectivity index (χ3v) is 12.0. The van der Waals surface area contributed by atoms with Crippen molar-refractivity contribution in [3.8, 4) is 22.3 Å². The number of hydrogen-bond acceptors (Lipinski definition) is 0. The number of aryl methyl sites for hydroxylation is 2. The maximum atomic E-state index is 13.9. The van der Waals surface area contributed by atoms with Crippen LogP contribution in [0, 0.1) is 25.5 Å². The first-order chi connectivity index (χ1) is 32.3. The Balaban J connectivity index is 0.911. The van der Waals surface area contributed by atoms with Crippen LogP contribution in [0.3, 0.4) is 0 Å². The Bertz CT molecular complexity index is 2980. The molecule has 0 fully saturated rings. The summed E-state index contributed by atoms with van der Waals surface area (Å²) in [7, 11) is 0. The molecule has 0 nitrogen and oxygen atoms in total. The Labute approximate surface area is 387 Å². The molecule has 9 aromatic rings. The molecule has 0 N–H and O–H groups in total. The Hall–Kier alpha value is -8.20.